The maximum atomic E-state index is 11.9. The predicted molar refractivity (Wildman–Crippen MR) is 79.9 cm³/mol. The molecule has 1 aromatic rings. The van der Waals surface area contributed by atoms with Crippen LogP contribution < -0.4 is 10.6 Å². The smallest absolute Gasteiger partial charge is 0.329 e. The Balaban J connectivity index is 1.85. The summed E-state index contributed by atoms with van der Waals surface area (Å²) in [5.74, 6) is -0.611. The average Bonchev–Trinajstić information content (AvgIpc) is 2.49. The molecule has 2 amide bonds. The lowest BCUT2D eigenvalue weighted by Gasteiger charge is -2.26. The number of methoxy groups -OCH3 is 1. The molecule has 0 radical (unpaired) electrons. The van der Waals surface area contributed by atoms with Gasteiger partial charge in [0.2, 0.25) is 11.8 Å². The first-order valence-corrected chi connectivity index (χ1v) is 7.49. The summed E-state index contributed by atoms with van der Waals surface area (Å²) >= 11 is 1.29. The Kier molecular flexibility index (Phi) is 5.21. The second-order valence-electron chi connectivity index (χ2n) is 4.52. The number of carbonyl (C=O) groups excluding carboxylic acids is 3. The number of hydrogen-bond donors (Lipinski definition) is 2. The van der Waals surface area contributed by atoms with Gasteiger partial charge in [-0.2, -0.15) is 0 Å². The van der Waals surface area contributed by atoms with Gasteiger partial charge in [-0.3, -0.25) is 9.59 Å². The molecule has 2 N–H and O–H groups in total. The largest absolute Gasteiger partial charge is 0.467 e. The quantitative estimate of drug-likeness (QED) is 0.803. The summed E-state index contributed by atoms with van der Waals surface area (Å²) in [5.41, 5.74) is 0.691. The van der Waals surface area contributed by atoms with E-state index in [1.165, 1.54) is 18.9 Å². The third kappa shape index (κ3) is 4.22. The van der Waals surface area contributed by atoms with Crippen molar-refractivity contribution in [2.24, 2.45) is 0 Å². The normalized spacial score (nSPS) is 21.3. The number of ether oxygens (including phenoxy) is 1. The van der Waals surface area contributed by atoms with E-state index < -0.39 is 17.3 Å². The highest BCUT2D eigenvalue weighted by Gasteiger charge is 2.33. The van der Waals surface area contributed by atoms with Gasteiger partial charge >= 0.3 is 5.97 Å². The molecule has 0 aliphatic carbocycles. The summed E-state index contributed by atoms with van der Waals surface area (Å²) in [5, 5.41) is 4.81. The van der Waals surface area contributed by atoms with E-state index >= 15 is 0 Å². The Hall–Kier alpha value is -2.02. The average molecular weight is 308 g/mol. The van der Waals surface area contributed by atoms with Gasteiger partial charge in [-0.1, -0.05) is 18.2 Å². The van der Waals surface area contributed by atoms with Gasteiger partial charge in [-0.25, -0.2) is 4.79 Å². The van der Waals surface area contributed by atoms with Crippen LogP contribution in [0.25, 0.3) is 0 Å². The molecule has 2 rings (SSSR count). The maximum Gasteiger partial charge on any atom is 0.329 e. The van der Waals surface area contributed by atoms with Crippen LogP contribution in [0.4, 0.5) is 5.69 Å². The number of amides is 2. The van der Waals surface area contributed by atoms with Crippen molar-refractivity contribution in [1.29, 1.82) is 0 Å². The van der Waals surface area contributed by atoms with Crippen molar-refractivity contribution in [2.75, 3.05) is 18.2 Å². The first-order chi connectivity index (χ1) is 10.1. The van der Waals surface area contributed by atoms with Crippen molar-refractivity contribution in [1.82, 2.24) is 5.32 Å². The van der Waals surface area contributed by atoms with Crippen molar-refractivity contribution < 1.29 is 19.1 Å². The minimum absolute atomic E-state index is 0.0687. The monoisotopic (exact) mass is 308 g/mol. The second-order valence-corrected chi connectivity index (χ2v) is 5.76. The molecule has 112 valence electrons. The van der Waals surface area contributed by atoms with Crippen molar-refractivity contribution in [3.8, 4) is 0 Å². The molecular weight excluding hydrogens is 292 g/mol. The fourth-order valence-corrected chi connectivity index (χ4v) is 3.05. The Bertz CT molecular complexity index is 535. The van der Waals surface area contributed by atoms with Crippen molar-refractivity contribution in [2.45, 2.75) is 17.7 Å². The van der Waals surface area contributed by atoms with Gasteiger partial charge in [-0.15, -0.1) is 11.8 Å². The Labute approximate surface area is 126 Å². The van der Waals surface area contributed by atoms with Crippen molar-refractivity contribution >= 4 is 35.2 Å². The lowest BCUT2D eigenvalue weighted by atomic mass is 10.2. The number of benzene rings is 1. The van der Waals surface area contributed by atoms with Crippen LogP contribution in [-0.4, -0.2) is 41.9 Å². The first kappa shape index (κ1) is 15.4. The lowest BCUT2D eigenvalue weighted by molar-refractivity contribution is -0.144. The van der Waals surface area contributed by atoms with E-state index in [4.69, 9.17) is 0 Å². The van der Waals surface area contributed by atoms with Crippen LogP contribution in [0, 0.1) is 0 Å². The lowest BCUT2D eigenvalue weighted by Crippen LogP contribution is -2.51. The number of carbonyl (C=O) groups is 3. The summed E-state index contributed by atoms with van der Waals surface area (Å²) < 4.78 is 4.59. The Morgan fingerprint density at radius 2 is 2.10 bits per heavy atom. The van der Waals surface area contributed by atoms with Gasteiger partial charge in [0, 0.05) is 17.9 Å². The number of esters is 1. The van der Waals surface area contributed by atoms with Crippen LogP contribution in [0.2, 0.25) is 0 Å². The molecule has 1 aliphatic rings. The molecule has 1 heterocycles. The molecule has 0 spiro atoms. The van der Waals surface area contributed by atoms with Gasteiger partial charge in [0.25, 0.3) is 0 Å². The van der Waals surface area contributed by atoms with Gasteiger partial charge in [0.1, 0.15) is 6.04 Å². The number of para-hydroxylation sites is 1. The highest BCUT2D eigenvalue weighted by Crippen LogP contribution is 2.22. The van der Waals surface area contributed by atoms with Crippen LogP contribution >= 0.6 is 11.8 Å². The number of nitrogens with one attached hydrogen (secondary N) is 2. The molecule has 7 heteroatoms. The molecule has 1 aliphatic heterocycles. The number of anilines is 1. The highest BCUT2D eigenvalue weighted by atomic mass is 32.2. The molecule has 0 bridgehead atoms. The molecule has 1 aromatic carbocycles. The van der Waals surface area contributed by atoms with E-state index in [1.807, 2.05) is 18.2 Å². The summed E-state index contributed by atoms with van der Waals surface area (Å²) in [6, 6.07) is 8.41. The second kappa shape index (κ2) is 7.12. The van der Waals surface area contributed by atoms with Crippen molar-refractivity contribution in [3.63, 3.8) is 0 Å². The topological polar surface area (TPSA) is 84.5 Å². The molecule has 0 saturated carbocycles. The molecule has 6 nitrogen and oxygen atoms in total. The van der Waals surface area contributed by atoms with E-state index in [0.717, 1.165) is 0 Å². The molecule has 0 aromatic heterocycles. The third-order valence-electron chi connectivity index (χ3n) is 2.99. The molecule has 1 fully saturated rings. The fourth-order valence-electron chi connectivity index (χ4n) is 1.92. The minimum atomic E-state index is -0.638. The summed E-state index contributed by atoms with van der Waals surface area (Å²) in [6.45, 7) is 0. The van der Waals surface area contributed by atoms with E-state index in [1.54, 1.807) is 12.1 Å². The molecule has 2 atom stereocenters. The molecular formula is C14H16N2O4S. The van der Waals surface area contributed by atoms with E-state index in [9.17, 15) is 14.4 Å². The fraction of sp³-hybridized carbons (Fsp3) is 0.357. The maximum absolute atomic E-state index is 11.9. The zero-order valence-corrected chi connectivity index (χ0v) is 12.3. The number of hydrogen-bond acceptors (Lipinski definition) is 5. The van der Waals surface area contributed by atoms with Crippen LogP contribution in [0.5, 0.6) is 0 Å². The van der Waals surface area contributed by atoms with Crippen LogP contribution in [-0.2, 0) is 19.1 Å². The van der Waals surface area contributed by atoms with Gasteiger partial charge in [0.15, 0.2) is 0 Å². The standard InChI is InChI=1S/C14H16N2O4S/c1-20-14(19)10-8-21-11(13(18)16-10)7-12(17)15-9-5-3-2-4-6-9/h2-6,10-11H,7-8H2,1H3,(H,15,17)(H,16,18)/t10-,11+/m1/s1. The SMILES string of the molecule is COC(=O)[C@H]1CS[C@@H](CC(=O)Nc2ccccc2)C(=O)N1. The van der Waals surface area contributed by atoms with Gasteiger partial charge < -0.3 is 15.4 Å². The van der Waals surface area contributed by atoms with E-state index in [2.05, 4.69) is 15.4 Å². The first-order valence-electron chi connectivity index (χ1n) is 6.45. The van der Waals surface area contributed by atoms with Gasteiger partial charge in [-0.05, 0) is 12.1 Å². The summed E-state index contributed by atoms with van der Waals surface area (Å²) in [4.78, 5) is 35.1. The number of rotatable bonds is 4. The number of thioether (sulfide) groups is 1. The zero-order valence-electron chi connectivity index (χ0n) is 11.5. The highest BCUT2D eigenvalue weighted by molar-refractivity contribution is 8.00. The van der Waals surface area contributed by atoms with Crippen LogP contribution in [0.3, 0.4) is 0 Å². The zero-order chi connectivity index (χ0) is 15.2. The van der Waals surface area contributed by atoms with Gasteiger partial charge in [0.05, 0.1) is 12.4 Å². The Morgan fingerprint density at radius 1 is 1.38 bits per heavy atom. The molecule has 21 heavy (non-hydrogen) atoms. The van der Waals surface area contributed by atoms with Crippen LogP contribution in [0.1, 0.15) is 6.42 Å². The summed E-state index contributed by atoms with van der Waals surface area (Å²) in [7, 11) is 1.28. The van der Waals surface area contributed by atoms with Crippen LogP contribution in [0.15, 0.2) is 30.3 Å². The predicted octanol–water partition coefficient (Wildman–Crippen LogP) is 0.788. The Morgan fingerprint density at radius 3 is 2.71 bits per heavy atom. The van der Waals surface area contributed by atoms with E-state index in [-0.39, 0.29) is 18.2 Å². The third-order valence-corrected chi connectivity index (χ3v) is 4.30. The van der Waals surface area contributed by atoms with E-state index in [0.29, 0.717) is 11.4 Å². The van der Waals surface area contributed by atoms with Crippen molar-refractivity contribution in [3.05, 3.63) is 30.3 Å². The minimum Gasteiger partial charge on any atom is -0.467 e. The summed E-state index contributed by atoms with van der Waals surface area (Å²) in [6.07, 6.45) is 0.0687. The molecule has 0 unspecified atom stereocenters. The molecule has 1 saturated heterocycles.